The number of hydrogen-bond donors (Lipinski definition) is 0. The maximum absolute atomic E-state index is 6.47. The molecule has 1 unspecified atom stereocenters. The lowest BCUT2D eigenvalue weighted by Gasteiger charge is -2.22. The summed E-state index contributed by atoms with van der Waals surface area (Å²) in [4.78, 5) is 0. The molecule has 0 amide bonds. The van der Waals surface area contributed by atoms with Crippen LogP contribution >= 0.6 is 0 Å². The summed E-state index contributed by atoms with van der Waals surface area (Å²) in [5.41, 5.74) is 8.37. The predicted molar refractivity (Wildman–Crippen MR) is 162 cm³/mol. The van der Waals surface area contributed by atoms with Gasteiger partial charge in [0.2, 0.25) is 0 Å². The van der Waals surface area contributed by atoms with Crippen molar-refractivity contribution >= 4 is 30.8 Å². The first-order valence-electron chi connectivity index (χ1n) is 12.9. The smallest absolute Gasteiger partial charge is 0.138 e. The Morgan fingerprint density at radius 1 is 0.757 bits per heavy atom. The van der Waals surface area contributed by atoms with Crippen LogP contribution in [0.15, 0.2) is 122 Å². The van der Waals surface area contributed by atoms with Crippen LogP contribution in [0.3, 0.4) is 0 Å². The monoisotopic (exact) mass is 476 g/mol. The minimum absolute atomic E-state index is 0.0553. The highest BCUT2D eigenvalue weighted by Crippen LogP contribution is 2.48. The number of rotatable bonds is 2. The molecule has 178 valence electrons. The average molecular weight is 476 g/mol. The summed E-state index contributed by atoms with van der Waals surface area (Å²) < 4.78 is 6.47. The zero-order valence-electron chi connectivity index (χ0n) is 21.4. The number of hydrogen-bond acceptors (Lipinski definition) is 1. The predicted octanol–water partition coefficient (Wildman–Crippen LogP) is 8.59. The first-order chi connectivity index (χ1) is 18.0. The Kier molecular flexibility index (Phi) is 5.81. The van der Waals surface area contributed by atoms with Crippen LogP contribution < -0.4 is 4.74 Å². The van der Waals surface area contributed by atoms with Crippen molar-refractivity contribution in [3.8, 4) is 28.0 Å². The molecule has 4 aromatic carbocycles. The molecule has 37 heavy (non-hydrogen) atoms. The topological polar surface area (TPSA) is 9.23 Å². The summed E-state index contributed by atoms with van der Waals surface area (Å²) >= 11 is 0. The van der Waals surface area contributed by atoms with E-state index in [4.69, 9.17) is 4.74 Å². The van der Waals surface area contributed by atoms with E-state index in [0.29, 0.717) is 5.76 Å². The number of allylic oxidation sites excluding steroid dienone is 6. The van der Waals surface area contributed by atoms with Gasteiger partial charge in [0.1, 0.15) is 19.4 Å². The van der Waals surface area contributed by atoms with Gasteiger partial charge in [-0.05, 0) is 56.4 Å². The number of para-hydroxylation sites is 1. The van der Waals surface area contributed by atoms with E-state index in [-0.39, 0.29) is 5.31 Å². The fourth-order valence-electron chi connectivity index (χ4n) is 5.35. The Hall–Kier alpha value is -4.30. The van der Waals surface area contributed by atoms with Gasteiger partial charge in [0, 0.05) is 11.1 Å². The van der Waals surface area contributed by atoms with Crippen LogP contribution in [-0.2, 0) is 6.42 Å². The summed E-state index contributed by atoms with van der Waals surface area (Å²) in [6, 6.07) is 26.0. The Labute approximate surface area is 220 Å². The molecule has 0 aromatic heterocycles. The standard InChI is InChI=1S/C35H29BO/c1-24-12-5-3-8-15-26-16-11-19-31(34(26)37-24)33-28-18-10-9-17-27(28)32(25-13-6-4-7-14-25)29-20-22-35(2,36)23-21-30(29)33/h3-14,16-23H,1,15,36H2,2H3/b8-3-,12-5-. The second-order valence-electron chi connectivity index (χ2n) is 10.3. The highest BCUT2D eigenvalue weighted by atomic mass is 16.5. The SMILES string of the molecule is BC1(C)C=Cc2c(c(-c3cccc4c3OC(=C)/C=C\C=C/C4)c3ccccc3c2-c2ccccc2)C=C1. The van der Waals surface area contributed by atoms with Gasteiger partial charge < -0.3 is 4.74 Å². The Morgan fingerprint density at radius 3 is 2.19 bits per heavy atom. The zero-order valence-corrected chi connectivity index (χ0v) is 21.4. The molecule has 1 heterocycles. The molecular weight excluding hydrogens is 447 g/mol. The molecule has 0 N–H and O–H groups in total. The van der Waals surface area contributed by atoms with Crippen LogP contribution in [0.2, 0.25) is 5.31 Å². The van der Waals surface area contributed by atoms with Gasteiger partial charge in [-0.2, -0.15) is 0 Å². The van der Waals surface area contributed by atoms with Gasteiger partial charge in [-0.25, -0.2) is 0 Å². The quantitative estimate of drug-likeness (QED) is 0.263. The molecule has 1 nitrogen and oxygen atoms in total. The molecule has 2 aliphatic rings. The molecule has 1 aliphatic carbocycles. The van der Waals surface area contributed by atoms with E-state index < -0.39 is 0 Å². The van der Waals surface area contributed by atoms with Crippen LogP contribution in [0.1, 0.15) is 23.6 Å². The normalized spacial score (nSPS) is 20.1. The van der Waals surface area contributed by atoms with Crippen LogP contribution in [0.25, 0.3) is 45.2 Å². The lowest BCUT2D eigenvalue weighted by Crippen LogP contribution is -2.01. The van der Waals surface area contributed by atoms with Gasteiger partial charge in [-0.3, -0.25) is 0 Å². The lowest BCUT2D eigenvalue weighted by atomic mass is 9.70. The maximum atomic E-state index is 6.47. The molecule has 0 spiro atoms. The van der Waals surface area contributed by atoms with E-state index in [1.807, 2.05) is 12.2 Å². The van der Waals surface area contributed by atoms with Gasteiger partial charge >= 0.3 is 0 Å². The van der Waals surface area contributed by atoms with E-state index in [1.165, 1.54) is 38.6 Å². The van der Waals surface area contributed by atoms with Crippen molar-refractivity contribution in [3.05, 3.63) is 138 Å². The van der Waals surface area contributed by atoms with E-state index >= 15 is 0 Å². The van der Waals surface area contributed by atoms with Crippen LogP contribution in [0, 0.1) is 0 Å². The van der Waals surface area contributed by atoms with Crippen LogP contribution in [-0.4, -0.2) is 7.85 Å². The summed E-state index contributed by atoms with van der Waals surface area (Å²) in [5.74, 6) is 1.51. The van der Waals surface area contributed by atoms with Crippen molar-refractivity contribution < 1.29 is 4.74 Å². The second kappa shape index (κ2) is 9.30. The number of ether oxygens (including phenoxy) is 1. The largest absolute Gasteiger partial charge is 0.457 e. The number of benzene rings is 4. The van der Waals surface area contributed by atoms with Gasteiger partial charge in [0.25, 0.3) is 0 Å². The van der Waals surface area contributed by atoms with E-state index in [1.54, 1.807) is 0 Å². The van der Waals surface area contributed by atoms with Gasteiger partial charge in [0.15, 0.2) is 0 Å². The molecule has 0 saturated heterocycles. The van der Waals surface area contributed by atoms with Crippen molar-refractivity contribution in [2.75, 3.05) is 0 Å². The van der Waals surface area contributed by atoms with Crippen molar-refractivity contribution in [1.29, 1.82) is 0 Å². The Morgan fingerprint density at radius 2 is 1.43 bits per heavy atom. The average Bonchev–Trinajstić information content (AvgIpc) is 2.99. The maximum Gasteiger partial charge on any atom is 0.138 e. The van der Waals surface area contributed by atoms with Crippen LogP contribution in [0.4, 0.5) is 0 Å². The van der Waals surface area contributed by atoms with Crippen molar-refractivity contribution in [2.24, 2.45) is 0 Å². The van der Waals surface area contributed by atoms with Crippen molar-refractivity contribution in [2.45, 2.75) is 18.7 Å². The summed E-state index contributed by atoms with van der Waals surface area (Å²) in [5, 5.41) is 2.39. The molecule has 1 atom stereocenters. The highest BCUT2D eigenvalue weighted by molar-refractivity contribution is 6.20. The molecule has 4 aromatic rings. The zero-order chi connectivity index (χ0) is 25.4. The Balaban J connectivity index is 1.75. The first-order valence-corrected chi connectivity index (χ1v) is 12.9. The minimum atomic E-state index is -0.0553. The molecule has 6 rings (SSSR count). The van der Waals surface area contributed by atoms with E-state index in [9.17, 15) is 0 Å². The third-order valence-electron chi connectivity index (χ3n) is 7.18. The third kappa shape index (κ3) is 4.30. The molecule has 1 aliphatic heterocycles. The van der Waals surface area contributed by atoms with E-state index in [2.05, 4.69) is 131 Å². The Bertz CT molecular complexity index is 1650. The molecule has 0 saturated carbocycles. The molecule has 2 heteroatoms. The summed E-state index contributed by atoms with van der Waals surface area (Å²) in [6.07, 6.45) is 18.2. The molecular formula is C35H29BO. The third-order valence-corrected chi connectivity index (χ3v) is 7.18. The summed E-state index contributed by atoms with van der Waals surface area (Å²) in [6.45, 7) is 6.41. The molecule has 0 fully saturated rings. The fraction of sp³-hybridized carbons (Fsp3) is 0.0857. The van der Waals surface area contributed by atoms with Gasteiger partial charge in [0.05, 0.1) is 0 Å². The first kappa shape index (κ1) is 23.1. The minimum Gasteiger partial charge on any atom is -0.457 e. The van der Waals surface area contributed by atoms with Crippen LogP contribution in [0.5, 0.6) is 5.75 Å². The fourth-order valence-corrected chi connectivity index (χ4v) is 5.35. The van der Waals surface area contributed by atoms with Gasteiger partial charge in [-0.1, -0.05) is 129 Å². The molecule has 0 bridgehead atoms. The second-order valence-corrected chi connectivity index (χ2v) is 10.3. The molecule has 0 radical (unpaired) electrons. The van der Waals surface area contributed by atoms with Crippen molar-refractivity contribution in [3.63, 3.8) is 0 Å². The van der Waals surface area contributed by atoms with E-state index in [0.717, 1.165) is 23.3 Å². The van der Waals surface area contributed by atoms with Gasteiger partial charge in [-0.15, -0.1) is 0 Å². The highest BCUT2D eigenvalue weighted by Gasteiger charge is 2.24. The summed E-state index contributed by atoms with van der Waals surface area (Å²) in [7, 11) is 2.25. The van der Waals surface area contributed by atoms with Crippen molar-refractivity contribution in [1.82, 2.24) is 0 Å². The number of fused-ring (bicyclic) bond motifs is 3. The lowest BCUT2D eigenvalue weighted by molar-refractivity contribution is 0.444.